The molecule has 0 aliphatic heterocycles. The number of carbonyl (C=O) groups is 2. The molecule has 0 radical (unpaired) electrons. The second kappa shape index (κ2) is 6.84. The summed E-state index contributed by atoms with van der Waals surface area (Å²) in [7, 11) is 1.59. The third kappa shape index (κ3) is 3.20. The lowest BCUT2D eigenvalue weighted by molar-refractivity contribution is 0.0962. The number of aromatic nitrogens is 3. The van der Waals surface area contributed by atoms with Crippen LogP contribution in [0, 0.1) is 0 Å². The number of aromatic amines is 1. The molecule has 0 bridgehead atoms. The van der Waals surface area contributed by atoms with Crippen LogP contribution in [0.25, 0.3) is 22.4 Å². The number of fused-ring (bicyclic) bond motifs is 1. The van der Waals surface area contributed by atoms with Crippen LogP contribution >= 0.6 is 0 Å². The first-order chi connectivity index (χ1) is 13.2. The zero-order valence-corrected chi connectivity index (χ0v) is 14.6. The molecule has 4 rings (SSSR count). The maximum atomic E-state index is 12.5. The zero-order chi connectivity index (χ0) is 18.8. The monoisotopic (exact) mass is 356 g/mol. The number of hydrogen-bond acceptors (Lipinski definition) is 4. The molecule has 132 valence electrons. The molecule has 0 aliphatic rings. The minimum Gasteiger partial charge on any atom is -0.355 e. The van der Waals surface area contributed by atoms with Crippen molar-refractivity contribution in [2.75, 3.05) is 7.05 Å². The summed E-state index contributed by atoms with van der Waals surface area (Å²) >= 11 is 0. The highest BCUT2D eigenvalue weighted by molar-refractivity contribution is 6.09. The average molecular weight is 356 g/mol. The summed E-state index contributed by atoms with van der Waals surface area (Å²) in [5.41, 5.74) is 4.17. The van der Waals surface area contributed by atoms with Gasteiger partial charge in [-0.25, -0.2) is 4.98 Å². The first kappa shape index (κ1) is 16.7. The van der Waals surface area contributed by atoms with E-state index in [9.17, 15) is 9.59 Å². The smallest absolute Gasteiger partial charge is 0.251 e. The van der Waals surface area contributed by atoms with Gasteiger partial charge in [0, 0.05) is 41.7 Å². The predicted octanol–water partition coefficient (Wildman–Crippen LogP) is 3.22. The van der Waals surface area contributed by atoms with E-state index in [-0.39, 0.29) is 11.7 Å². The highest BCUT2D eigenvalue weighted by atomic mass is 16.1. The van der Waals surface area contributed by atoms with Gasteiger partial charge in [-0.3, -0.25) is 14.6 Å². The van der Waals surface area contributed by atoms with Crippen molar-refractivity contribution in [1.29, 1.82) is 0 Å². The Kier molecular flexibility index (Phi) is 4.22. The zero-order valence-electron chi connectivity index (χ0n) is 14.6. The van der Waals surface area contributed by atoms with Crippen molar-refractivity contribution in [1.82, 2.24) is 20.3 Å². The Balaban J connectivity index is 1.64. The van der Waals surface area contributed by atoms with E-state index in [0.29, 0.717) is 28.0 Å². The Morgan fingerprint density at radius 1 is 0.889 bits per heavy atom. The van der Waals surface area contributed by atoms with Gasteiger partial charge in [0.2, 0.25) is 0 Å². The van der Waals surface area contributed by atoms with Crippen LogP contribution < -0.4 is 5.32 Å². The van der Waals surface area contributed by atoms with Crippen molar-refractivity contribution in [3.63, 3.8) is 0 Å². The highest BCUT2D eigenvalue weighted by Gasteiger charge is 2.11. The van der Waals surface area contributed by atoms with E-state index in [0.717, 1.165) is 11.1 Å². The van der Waals surface area contributed by atoms with Crippen LogP contribution in [-0.4, -0.2) is 33.7 Å². The van der Waals surface area contributed by atoms with Crippen LogP contribution in [0.2, 0.25) is 0 Å². The maximum Gasteiger partial charge on any atom is 0.251 e. The van der Waals surface area contributed by atoms with Crippen LogP contribution in [-0.2, 0) is 0 Å². The van der Waals surface area contributed by atoms with Crippen LogP contribution in [0.1, 0.15) is 26.3 Å². The SMILES string of the molecule is CNC(=O)c1ccc2[nH]c(-c3ccc(C(=O)c4ccncc4)cc3)nc2c1. The second-order valence-corrected chi connectivity index (χ2v) is 6.04. The molecule has 6 nitrogen and oxygen atoms in total. The van der Waals surface area contributed by atoms with E-state index < -0.39 is 0 Å². The molecule has 0 atom stereocenters. The van der Waals surface area contributed by atoms with Crippen LogP contribution in [0.15, 0.2) is 67.0 Å². The number of benzene rings is 2. The number of nitrogens with one attached hydrogen (secondary N) is 2. The van der Waals surface area contributed by atoms with E-state index in [4.69, 9.17) is 0 Å². The summed E-state index contributed by atoms with van der Waals surface area (Å²) in [4.78, 5) is 36.0. The number of hydrogen-bond donors (Lipinski definition) is 2. The number of H-pyrrole nitrogens is 1. The van der Waals surface area contributed by atoms with Crippen molar-refractivity contribution < 1.29 is 9.59 Å². The van der Waals surface area contributed by atoms with Gasteiger partial charge in [-0.15, -0.1) is 0 Å². The molecule has 0 saturated carbocycles. The van der Waals surface area contributed by atoms with E-state index in [2.05, 4.69) is 20.3 Å². The molecule has 4 aromatic rings. The second-order valence-electron chi connectivity index (χ2n) is 6.04. The van der Waals surface area contributed by atoms with Crippen LogP contribution in [0.4, 0.5) is 0 Å². The quantitative estimate of drug-likeness (QED) is 0.550. The highest BCUT2D eigenvalue weighted by Crippen LogP contribution is 2.22. The number of imidazole rings is 1. The molecule has 2 aromatic heterocycles. The molecular weight excluding hydrogens is 340 g/mol. The number of nitrogens with zero attached hydrogens (tertiary/aromatic N) is 2. The molecule has 2 N–H and O–H groups in total. The Hall–Kier alpha value is -3.80. The van der Waals surface area contributed by atoms with Crippen LogP contribution in [0.5, 0.6) is 0 Å². The number of pyridine rings is 1. The molecule has 2 aromatic carbocycles. The third-order valence-corrected chi connectivity index (χ3v) is 4.34. The molecule has 0 spiro atoms. The predicted molar refractivity (Wildman–Crippen MR) is 103 cm³/mol. The van der Waals surface area contributed by atoms with Gasteiger partial charge in [0.15, 0.2) is 5.78 Å². The molecular formula is C21H16N4O2. The Morgan fingerprint density at radius 2 is 1.56 bits per heavy atom. The lowest BCUT2D eigenvalue weighted by atomic mass is 10.0. The summed E-state index contributed by atoms with van der Waals surface area (Å²) in [6.07, 6.45) is 3.20. The largest absolute Gasteiger partial charge is 0.355 e. The van der Waals surface area contributed by atoms with Gasteiger partial charge in [0.25, 0.3) is 5.91 Å². The minimum atomic E-state index is -0.152. The lowest BCUT2D eigenvalue weighted by Crippen LogP contribution is -2.17. The molecule has 0 saturated heterocycles. The molecule has 0 aliphatic carbocycles. The van der Waals surface area contributed by atoms with Gasteiger partial charge in [-0.2, -0.15) is 0 Å². The van der Waals surface area contributed by atoms with Gasteiger partial charge < -0.3 is 10.3 Å². The van der Waals surface area contributed by atoms with Crippen LogP contribution in [0.3, 0.4) is 0 Å². The van der Waals surface area contributed by atoms with E-state index >= 15 is 0 Å². The molecule has 1 amide bonds. The van der Waals surface area contributed by atoms with Crippen molar-refractivity contribution in [2.45, 2.75) is 0 Å². The molecule has 2 heterocycles. The van der Waals surface area contributed by atoms with Gasteiger partial charge in [0.1, 0.15) is 5.82 Å². The van der Waals surface area contributed by atoms with E-state index in [1.54, 1.807) is 55.8 Å². The van der Waals surface area contributed by atoms with Crippen molar-refractivity contribution in [2.24, 2.45) is 0 Å². The Morgan fingerprint density at radius 3 is 2.26 bits per heavy atom. The van der Waals surface area contributed by atoms with Gasteiger partial charge in [-0.05, 0) is 30.3 Å². The standard InChI is InChI=1S/C21H16N4O2/c1-22-21(27)16-6-7-17-18(12-16)25-20(24-17)15-4-2-13(3-5-15)19(26)14-8-10-23-11-9-14/h2-12H,1H3,(H,22,27)(H,24,25). The summed E-state index contributed by atoms with van der Waals surface area (Å²) < 4.78 is 0. The molecule has 6 heteroatoms. The third-order valence-electron chi connectivity index (χ3n) is 4.34. The minimum absolute atomic E-state index is 0.0521. The summed E-state index contributed by atoms with van der Waals surface area (Å²) in [5, 5.41) is 2.60. The Labute approximate surface area is 155 Å². The van der Waals surface area contributed by atoms with Crippen molar-refractivity contribution in [3.05, 3.63) is 83.7 Å². The Bertz CT molecular complexity index is 1130. The number of ketones is 1. The molecule has 27 heavy (non-hydrogen) atoms. The summed E-state index contributed by atoms with van der Waals surface area (Å²) in [6, 6.07) is 16.0. The fourth-order valence-electron chi connectivity index (χ4n) is 2.88. The number of rotatable bonds is 4. The van der Waals surface area contributed by atoms with Gasteiger partial charge in [0.05, 0.1) is 11.0 Å². The first-order valence-corrected chi connectivity index (χ1v) is 8.43. The number of carbonyl (C=O) groups excluding carboxylic acids is 2. The van der Waals surface area contributed by atoms with Gasteiger partial charge >= 0.3 is 0 Å². The topological polar surface area (TPSA) is 87.7 Å². The average Bonchev–Trinajstić information content (AvgIpc) is 3.16. The lowest BCUT2D eigenvalue weighted by Gasteiger charge is -2.02. The first-order valence-electron chi connectivity index (χ1n) is 8.43. The van der Waals surface area contributed by atoms with Crippen molar-refractivity contribution >= 4 is 22.7 Å². The van der Waals surface area contributed by atoms with E-state index in [1.807, 2.05) is 18.2 Å². The van der Waals surface area contributed by atoms with Gasteiger partial charge in [-0.1, -0.05) is 24.3 Å². The normalized spacial score (nSPS) is 10.7. The van der Waals surface area contributed by atoms with E-state index in [1.165, 1.54) is 0 Å². The molecule has 0 fully saturated rings. The molecule has 0 unspecified atom stereocenters. The fraction of sp³-hybridized carbons (Fsp3) is 0.0476. The summed E-state index contributed by atoms with van der Waals surface area (Å²) in [5.74, 6) is 0.478. The number of amides is 1. The maximum absolute atomic E-state index is 12.5. The summed E-state index contributed by atoms with van der Waals surface area (Å²) in [6.45, 7) is 0. The van der Waals surface area contributed by atoms with Crippen molar-refractivity contribution in [3.8, 4) is 11.4 Å². The fourth-order valence-corrected chi connectivity index (χ4v) is 2.88.